The number of ether oxygens (including phenoxy) is 1. The zero-order valence-electron chi connectivity index (χ0n) is 12.4. The minimum absolute atomic E-state index is 0.205. The van der Waals surface area contributed by atoms with Crippen LogP contribution in [0.2, 0.25) is 5.02 Å². The van der Waals surface area contributed by atoms with Crippen LogP contribution in [0.15, 0.2) is 18.2 Å². The first-order valence-corrected chi connectivity index (χ1v) is 6.80. The summed E-state index contributed by atoms with van der Waals surface area (Å²) < 4.78 is 10.3. The topological polar surface area (TPSA) is 55.8 Å². The summed E-state index contributed by atoms with van der Waals surface area (Å²) in [5.41, 5.74) is 0.171. The average Bonchev–Trinajstić information content (AvgIpc) is 2.37. The molecule has 0 saturated heterocycles. The van der Waals surface area contributed by atoms with Crippen molar-refractivity contribution in [2.45, 2.75) is 33.3 Å². The zero-order valence-corrected chi connectivity index (χ0v) is 13.2. The van der Waals surface area contributed by atoms with Crippen molar-refractivity contribution in [2.24, 2.45) is 5.92 Å². The summed E-state index contributed by atoms with van der Waals surface area (Å²) in [5.74, 6) is -0.323. The first kappa shape index (κ1) is 17.0. The lowest BCUT2D eigenvalue weighted by Crippen LogP contribution is -2.44. The van der Waals surface area contributed by atoms with Gasteiger partial charge in [0.15, 0.2) is 0 Å². The molecule has 0 fully saturated rings. The van der Waals surface area contributed by atoms with E-state index in [4.69, 9.17) is 16.3 Å². The summed E-state index contributed by atoms with van der Waals surface area (Å²) in [4.78, 5) is 11.6. The van der Waals surface area contributed by atoms with Crippen LogP contribution in [0.25, 0.3) is 0 Å². The molecule has 0 unspecified atom stereocenters. The average molecular weight is 299 g/mol. The van der Waals surface area contributed by atoms with Gasteiger partial charge in [0.2, 0.25) is 0 Å². The fourth-order valence-corrected chi connectivity index (χ4v) is 1.65. The van der Waals surface area contributed by atoms with Crippen molar-refractivity contribution in [1.82, 2.24) is 0 Å². The van der Waals surface area contributed by atoms with Gasteiger partial charge in [-0.15, -0.1) is 0 Å². The van der Waals surface area contributed by atoms with E-state index in [0.717, 1.165) is 0 Å². The molecule has 0 radical (unpaired) electrons. The van der Waals surface area contributed by atoms with Crippen molar-refractivity contribution >= 4 is 30.2 Å². The Kier molecular flexibility index (Phi) is 5.63. The molecule has 1 aromatic rings. The van der Waals surface area contributed by atoms with Gasteiger partial charge < -0.3 is 14.4 Å². The third kappa shape index (κ3) is 3.98. The Morgan fingerprint density at radius 2 is 2.00 bits per heavy atom. The maximum Gasteiger partial charge on any atom is 0.491 e. The maximum absolute atomic E-state index is 11.6. The number of halogens is 1. The standard InChI is InChI=1S/C14H20BClO4/c1-9(2)14(3,4)20-15(18)10-6-7-12(16)11(8-10)13(17)19-5/h6-9,18H,1-5H3. The second kappa shape index (κ2) is 6.61. The number of carbonyl (C=O) groups excluding carboxylic acids is 1. The first-order valence-electron chi connectivity index (χ1n) is 6.42. The lowest BCUT2D eigenvalue weighted by atomic mass is 9.76. The molecule has 0 aromatic heterocycles. The van der Waals surface area contributed by atoms with Gasteiger partial charge in [0.25, 0.3) is 0 Å². The van der Waals surface area contributed by atoms with Crippen LogP contribution in [0.1, 0.15) is 38.1 Å². The molecular weight excluding hydrogens is 278 g/mol. The summed E-state index contributed by atoms with van der Waals surface area (Å²) >= 11 is 5.93. The highest BCUT2D eigenvalue weighted by Gasteiger charge is 2.30. The Balaban J connectivity index is 3.00. The number of benzene rings is 1. The van der Waals surface area contributed by atoms with Gasteiger partial charge in [0, 0.05) is 0 Å². The molecule has 0 aliphatic carbocycles. The molecule has 0 atom stereocenters. The largest absolute Gasteiger partial charge is 0.491 e. The van der Waals surface area contributed by atoms with Crippen LogP contribution in [-0.2, 0) is 9.39 Å². The summed E-state index contributed by atoms with van der Waals surface area (Å²) in [6, 6.07) is 4.64. The fraction of sp³-hybridized carbons (Fsp3) is 0.500. The maximum atomic E-state index is 11.6. The predicted molar refractivity (Wildman–Crippen MR) is 80.4 cm³/mol. The molecule has 6 heteroatoms. The molecule has 0 aliphatic rings. The molecule has 0 amide bonds. The SMILES string of the molecule is COC(=O)c1cc(B(O)OC(C)(C)C(C)C)ccc1Cl. The Morgan fingerprint density at radius 1 is 1.40 bits per heavy atom. The van der Waals surface area contributed by atoms with Crippen molar-refractivity contribution in [1.29, 1.82) is 0 Å². The molecule has 20 heavy (non-hydrogen) atoms. The summed E-state index contributed by atoms with van der Waals surface area (Å²) in [6.45, 7) is 7.82. The van der Waals surface area contributed by atoms with E-state index < -0.39 is 18.7 Å². The Morgan fingerprint density at radius 3 is 2.50 bits per heavy atom. The van der Waals surface area contributed by atoms with Gasteiger partial charge in [-0.3, -0.25) is 0 Å². The van der Waals surface area contributed by atoms with Gasteiger partial charge in [0.05, 0.1) is 23.3 Å². The van der Waals surface area contributed by atoms with E-state index in [2.05, 4.69) is 4.74 Å². The number of rotatable bonds is 5. The minimum atomic E-state index is -1.13. The number of carbonyl (C=O) groups is 1. The minimum Gasteiger partial charge on any atom is -0.465 e. The van der Waals surface area contributed by atoms with Crippen molar-refractivity contribution in [3.8, 4) is 0 Å². The van der Waals surface area contributed by atoms with Crippen molar-refractivity contribution in [3.05, 3.63) is 28.8 Å². The van der Waals surface area contributed by atoms with E-state index in [1.54, 1.807) is 6.07 Å². The quantitative estimate of drug-likeness (QED) is 0.669. The molecule has 0 saturated carbocycles. The van der Waals surface area contributed by atoms with E-state index >= 15 is 0 Å². The molecule has 1 N–H and O–H groups in total. The molecule has 1 aromatic carbocycles. The fourth-order valence-electron chi connectivity index (χ4n) is 1.45. The van der Waals surface area contributed by atoms with E-state index in [-0.39, 0.29) is 16.5 Å². The second-order valence-corrected chi connectivity index (χ2v) is 5.87. The van der Waals surface area contributed by atoms with Crippen LogP contribution in [0.5, 0.6) is 0 Å². The van der Waals surface area contributed by atoms with Gasteiger partial charge >= 0.3 is 13.1 Å². The van der Waals surface area contributed by atoms with E-state index in [1.807, 2.05) is 27.7 Å². The van der Waals surface area contributed by atoms with Gasteiger partial charge in [-0.05, 0) is 37.4 Å². The van der Waals surface area contributed by atoms with Crippen LogP contribution in [-0.4, -0.2) is 30.8 Å². The van der Waals surface area contributed by atoms with Crippen molar-refractivity contribution in [3.63, 3.8) is 0 Å². The third-order valence-corrected chi connectivity index (χ3v) is 3.82. The highest BCUT2D eigenvalue weighted by molar-refractivity contribution is 6.60. The molecule has 110 valence electrons. The number of hydrogen-bond donors (Lipinski definition) is 1. The number of hydrogen-bond acceptors (Lipinski definition) is 4. The van der Waals surface area contributed by atoms with Crippen LogP contribution >= 0.6 is 11.6 Å². The van der Waals surface area contributed by atoms with E-state index in [0.29, 0.717) is 5.46 Å². The Labute approximate surface area is 125 Å². The first-order chi connectivity index (χ1) is 9.19. The van der Waals surface area contributed by atoms with Gasteiger partial charge in [-0.1, -0.05) is 31.5 Å². The lowest BCUT2D eigenvalue weighted by Gasteiger charge is -2.31. The van der Waals surface area contributed by atoms with Gasteiger partial charge in [-0.2, -0.15) is 0 Å². The highest BCUT2D eigenvalue weighted by atomic mass is 35.5. The molecular formula is C14H20BClO4. The van der Waals surface area contributed by atoms with Crippen LogP contribution < -0.4 is 5.46 Å². The van der Waals surface area contributed by atoms with Gasteiger partial charge in [0.1, 0.15) is 0 Å². The third-order valence-electron chi connectivity index (χ3n) is 3.49. The Bertz CT molecular complexity index is 488. The normalized spacial score (nSPS) is 11.6. The summed E-state index contributed by atoms with van der Waals surface area (Å²) in [5, 5.41) is 10.4. The molecule has 0 spiro atoms. The molecule has 1 rings (SSSR count). The van der Waals surface area contributed by atoms with Crippen LogP contribution in [0.4, 0.5) is 0 Å². The number of methoxy groups -OCH3 is 1. The number of esters is 1. The van der Waals surface area contributed by atoms with E-state index in [9.17, 15) is 9.82 Å². The van der Waals surface area contributed by atoms with Crippen LogP contribution in [0.3, 0.4) is 0 Å². The summed E-state index contributed by atoms with van der Waals surface area (Å²) in [7, 11) is 0.147. The van der Waals surface area contributed by atoms with E-state index in [1.165, 1.54) is 19.2 Å². The van der Waals surface area contributed by atoms with Crippen LogP contribution in [0, 0.1) is 5.92 Å². The predicted octanol–water partition coefficient (Wildman–Crippen LogP) is 2.27. The molecule has 0 aliphatic heterocycles. The van der Waals surface area contributed by atoms with Gasteiger partial charge in [-0.25, -0.2) is 4.79 Å². The molecule has 0 bridgehead atoms. The smallest absolute Gasteiger partial charge is 0.465 e. The van der Waals surface area contributed by atoms with Crippen molar-refractivity contribution < 1.29 is 19.2 Å². The zero-order chi connectivity index (χ0) is 15.5. The monoisotopic (exact) mass is 298 g/mol. The van der Waals surface area contributed by atoms with Crippen molar-refractivity contribution in [2.75, 3.05) is 7.11 Å². The molecule has 0 heterocycles. The lowest BCUT2D eigenvalue weighted by molar-refractivity contribution is 0.0423. The molecule has 4 nitrogen and oxygen atoms in total. The highest BCUT2D eigenvalue weighted by Crippen LogP contribution is 2.21. The summed E-state index contributed by atoms with van der Waals surface area (Å²) in [6.07, 6.45) is 0. The Hall–Kier alpha value is -1.04. The second-order valence-electron chi connectivity index (χ2n) is 5.46.